The van der Waals surface area contributed by atoms with Crippen LogP contribution in [-0.2, 0) is 9.90 Å². The van der Waals surface area contributed by atoms with E-state index in [1.165, 1.54) is 0 Å². The molecule has 0 aromatic heterocycles. The van der Waals surface area contributed by atoms with Crippen molar-refractivity contribution in [3.05, 3.63) is 0 Å². The third kappa shape index (κ3) is 3.40. The summed E-state index contributed by atoms with van der Waals surface area (Å²) >= 11 is 0. The lowest BCUT2D eigenvalue weighted by molar-refractivity contribution is -0.144. The monoisotopic (exact) mass is 77.0 g/mol. The molecule has 0 saturated carbocycles. The molecular weight excluding hydrogens is 75.0 g/mol. The van der Waals surface area contributed by atoms with Crippen LogP contribution >= 0.6 is 0 Å². The predicted molar refractivity (Wildman–Crippen MR) is 11.7 cm³/mol. The highest BCUT2D eigenvalue weighted by Crippen LogP contribution is 1.61. The molecule has 2 nitrogen and oxygen atoms in total. The average Bonchev–Trinajstić information content (AvgIpc) is 1.38. The van der Waals surface area contributed by atoms with Crippen molar-refractivity contribution in [2.45, 2.75) is 0 Å². The van der Waals surface area contributed by atoms with Gasteiger partial charge in [0.25, 0.3) is 0 Å². The summed E-state index contributed by atoms with van der Waals surface area (Å²) in [5.41, 5.74) is 0. The van der Waals surface area contributed by atoms with E-state index in [-0.39, 0.29) is 0 Å². The van der Waals surface area contributed by atoms with Gasteiger partial charge in [-0.3, -0.25) is 0 Å². The topological polar surface area (TPSA) is 37.0 Å². The summed E-state index contributed by atoms with van der Waals surface area (Å²) in [7, 11) is 0. The summed E-state index contributed by atoms with van der Waals surface area (Å²) in [5, 5.41) is 8.88. The Hall–Kier alpha value is -0.600. The summed E-state index contributed by atoms with van der Waals surface area (Å²) < 4.78 is 10.5. The maximum Gasteiger partial charge on any atom is 0.386 e. The third-order valence-electron chi connectivity index (χ3n) is 0.109. The number of hydrogen-bond acceptors (Lipinski definition) is 1. The van der Waals surface area contributed by atoms with Gasteiger partial charge in [-0.25, -0.2) is 14.3 Å². The van der Waals surface area contributed by atoms with Crippen LogP contribution in [0.3, 0.4) is 0 Å². The van der Waals surface area contributed by atoms with Gasteiger partial charge >= 0.3 is 5.97 Å². The standard InChI is InChI=1S/C2H2FO2/c3-1-2(4)5/h1H2. The number of carbonyl (C=O) groups excluding carboxylic acids is 1. The normalized spacial score (nSPS) is 7.40. The zero-order valence-corrected chi connectivity index (χ0v) is 2.40. The zero-order chi connectivity index (χ0) is 4.28. The van der Waals surface area contributed by atoms with Crippen molar-refractivity contribution < 1.29 is 14.3 Å². The lowest BCUT2D eigenvalue weighted by Gasteiger charge is -1.62. The van der Waals surface area contributed by atoms with Gasteiger partial charge in [0.2, 0.25) is 0 Å². The Labute approximate surface area is 28.2 Å². The summed E-state index contributed by atoms with van der Waals surface area (Å²) in [6.45, 7) is -1.39. The second kappa shape index (κ2) is 1.69. The molecule has 5 heavy (non-hydrogen) atoms. The largest absolute Gasteiger partial charge is 0.386 e. The van der Waals surface area contributed by atoms with Crippen LogP contribution in [0, 0.1) is 0 Å². The van der Waals surface area contributed by atoms with Gasteiger partial charge in [-0.05, 0) is 0 Å². The van der Waals surface area contributed by atoms with E-state index >= 15 is 0 Å². The van der Waals surface area contributed by atoms with E-state index < -0.39 is 12.6 Å². The van der Waals surface area contributed by atoms with Gasteiger partial charge in [-0.1, -0.05) is 0 Å². The highest BCUT2D eigenvalue weighted by molar-refractivity contribution is 5.67. The van der Waals surface area contributed by atoms with Crippen molar-refractivity contribution in [1.29, 1.82) is 0 Å². The van der Waals surface area contributed by atoms with Crippen molar-refractivity contribution in [2.24, 2.45) is 0 Å². The average molecular weight is 77.0 g/mol. The van der Waals surface area contributed by atoms with Crippen LogP contribution in [0.5, 0.6) is 0 Å². The van der Waals surface area contributed by atoms with Gasteiger partial charge in [0, 0.05) is 0 Å². The first-order chi connectivity index (χ1) is 2.27. The molecule has 0 aromatic rings. The van der Waals surface area contributed by atoms with Gasteiger partial charge in [0.1, 0.15) is 0 Å². The molecule has 1 radical (unpaired) electrons. The molecule has 0 aromatic carbocycles. The fourth-order valence-corrected chi connectivity index (χ4v) is 0. The molecule has 0 bridgehead atoms. The molecule has 0 atom stereocenters. The highest BCUT2D eigenvalue weighted by Gasteiger charge is 1.90. The molecule has 0 amide bonds. The molecule has 0 aliphatic rings. The number of halogens is 1. The number of rotatable bonds is 1. The van der Waals surface area contributed by atoms with Crippen molar-refractivity contribution in [3.63, 3.8) is 0 Å². The SMILES string of the molecule is [O]C(=O)CF. The molecule has 0 aliphatic carbocycles. The van der Waals surface area contributed by atoms with Crippen LogP contribution in [-0.4, -0.2) is 12.6 Å². The van der Waals surface area contributed by atoms with Gasteiger partial charge in [-0.2, -0.15) is 0 Å². The van der Waals surface area contributed by atoms with Crippen molar-refractivity contribution in [2.75, 3.05) is 6.67 Å². The lowest BCUT2D eigenvalue weighted by atomic mass is 10.8. The Bertz CT molecular complexity index is 42.9. The number of carbonyl (C=O) groups is 1. The van der Waals surface area contributed by atoms with Gasteiger partial charge < -0.3 is 0 Å². The minimum Gasteiger partial charge on any atom is -0.244 e. The molecule has 0 heterocycles. The summed E-state index contributed by atoms with van der Waals surface area (Å²) in [6, 6.07) is 0. The van der Waals surface area contributed by atoms with E-state index in [1.54, 1.807) is 0 Å². The fraction of sp³-hybridized carbons (Fsp3) is 0.500. The number of hydrogen-bond donors (Lipinski definition) is 0. The van der Waals surface area contributed by atoms with E-state index in [9.17, 15) is 4.39 Å². The molecular formula is C2H2FO2. The highest BCUT2D eigenvalue weighted by atomic mass is 19.1. The van der Waals surface area contributed by atoms with Gasteiger partial charge in [0.15, 0.2) is 6.67 Å². The van der Waals surface area contributed by atoms with Crippen LogP contribution < -0.4 is 0 Å². The summed E-state index contributed by atoms with van der Waals surface area (Å²) in [5.74, 6) is -1.66. The summed E-state index contributed by atoms with van der Waals surface area (Å²) in [4.78, 5) is 8.88. The predicted octanol–water partition coefficient (Wildman–Crippen LogP) is -0.0870. The molecule has 0 fully saturated rings. The maximum atomic E-state index is 10.5. The smallest absolute Gasteiger partial charge is 0.244 e. The molecule has 0 rings (SSSR count). The van der Waals surface area contributed by atoms with E-state index in [1.807, 2.05) is 0 Å². The zero-order valence-electron chi connectivity index (χ0n) is 2.40. The first-order valence-corrected chi connectivity index (χ1v) is 1.03. The molecule has 3 heteroatoms. The van der Waals surface area contributed by atoms with Crippen LogP contribution in [0.4, 0.5) is 4.39 Å². The first-order valence-electron chi connectivity index (χ1n) is 1.03. The quantitative estimate of drug-likeness (QED) is 0.431. The van der Waals surface area contributed by atoms with Crippen molar-refractivity contribution in [3.8, 4) is 0 Å². The van der Waals surface area contributed by atoms with E-state index in [2.05, 4.69) is 0 Å². The Balaban J connectivity index is 2.85. The lowest BCUT2D eigenvalue weighted by Crippen LogP contribution is -1.91. The Kier molecular flexibility index (Phi) is 1.49. The Morgan fingerprint density at radius 2 is 2.00 bits per heavy atom. The Morgan fingerprint density at radius 1 is 1.80 bits per heavy atom. The molecule has 0 unspecified atom stereocenters. The first kappa shape index (κ1) is 4.40. The fourth-order valence-electron chi connectivity index (χ4n) is 0. The van der Waals surface area contributed by atoms with Crippen LogP contribution in [0.25, 0.3) is 0 Å². The van der Waals surface area contributed by atoms with Crippen molar-refractivity contribution in [1.82, 2.24) is 0 Å². The Morgan fingerprint density at radius 3 is 2.00 bits per heavy atom. The second-order valence-electron chi connectivity index (χ2n) is 0.506. The van der Waals surface area contributed by atoms with E-state index in [4.69, 9.17) is 9.90 Å². The van der Waals surface area contributed by atoms with Crippen LogP contribution in [0.1, 0.15) is 0 Å². The number of alkyl halides is 1. The second-order valence-corrected chi connectivity index (χ2v) is 0.506. The van der Waals surface area contributed by atoms with Crippen LogP contribution in [0.2, 0.25) is 0 Å². The minimum atomic E-state index is -1.66. The van der Waals surface area contributed by atoms with Gasteiger partial charge in [0.05, 0.1) is 0 Å². The molecule has 0 aliphatic heterocycles. The summed E-state index contributed by atoms with van der Waals surface area (Å²) in [6.07, 6.45) is 0. The molecule has 0 N–H and O–H groups in total. The third-order valence-corrected chi connectivity index (χ3v) is 0.109. The van der Waals surface area contributed by atoms with Crippen molar-refractivity contribution >= 4 is 5.97 Å². The van der Waals surface area contributed by atoms with Gasteiger partial charge in [-0.15, -0.1) is 0 Å². The van der Waals surface area contributed by atoms with E-state index in [0.29, 0.717) is 0 Å². The minimum absolute atomic E-state index is 1.39. The maximum absolute atomic E-state index is 10.5. The molecule has 0 saturated heterocycles. The molecule has 29 valence electrons. The van der Waals surface area contributed by atoms with Crippen LogP contribution in [0.15, 0.2) is 0 Å². The van der Waals surface area contributed by atoms with E-state index in [0.717, 1.165) is 0 Å². The molecule has 0 spiro atoms.